The van der Waals surface area contributed by atoms with E-state index in [1.165, 1.54) is 0 Å². The highest BCUT2D eigenvalue weighted by atomic mass is 35.5. The SMILES string of the molecule is CCOc1ccc(C(=O)NC(C)C(C)CCl)cc1. The number of carbonyl (C=O) groups is 1. The fourth-order valence-electron chi connectivity index (χ4n) is 1.44. The predicted octanol–water partition coefficient (Wildman–Crippen LogP) is 3.08. The van der Waals surface area contributed by atoms with Crippen molar-refractivity contribution < 1.29 is 9.53 Å². The van der Waals surface area contributed by atoms with Crippen LogP contribution < -0.4 is 10.1 Å². The Balaban J connectivity index is 2.61. The van der Waals surface area contributed by atoms with E-state index in [9.17, 15) is 4.79 Å². The number of hydrogen-bond acceptors (Lipinski definition) is 2. The van der Waals surface area contributed by atoms with Crippen LogP contribution in [0.3, 0.4) is 0 Å². The number of rotatable bonds is 6. The second-order valence-electron chi connectivity index (χ2n) is 4.35. The number of alkyl halides is 1. The van der Waals surface area contributed by atoms with Crippen LogP contribution >= 0.6 is 11.6 Å². The molecule has 3 nitrogen and oxygen atoms in total. The Hall–Kier alpha value is -1.22. The monoisotopic (exact) mass is 269 g/mol. The van der Waals surface area contributed by atoms with Gasteiger partial charge in [-0.2, -0.15) is 0 Å². The molecule has 0 saturated carbocycles. The molecule has 0 heterocycles. The lowest BCUT2D eigenvalue weighted by Gasteiger charge is -2.19. The van der Waals surface area contributed by atoms with Gasteiger partial charge in [-0.25, -0.2) is 0 Å². The van der Waals surface area contributed by atoms with Crippen LogP contribution in [0.15, 0.2) is 24.3 Å². The highest BCUT2D eigenvalue weighted by molar-refractivity contribution is 6.18. The Morgan fingerprint density at radius 3 is 2.44 bits per heavy atom. The molecule has 2 atom stereocenters. The summed E-state index contributed by atoms with van der Waals surface area (Å²) in [6, 6.07) is 7.18. The number of halogens is 1. The molecular formula is C14H20ClNO2. The van der Waals surface area contributed by atoms with Gasteiger partial charge in [-0.15, -0.1) is 11.6 Å². The number of ether oxygens (including phenoxy) is 1. The van der Waals surface area contributed by atoms with Gasteiger partial charge < -0.3 is 10.1 Å². The van der Waals surface area contributed by atoms with Gasteiger partial charge in [0.05, 0.1) is 6.61 Å². The molecule has 1 aromatic carbocycles. The Bertz CT molecular complexity index is 378. The van der Waals surface area contributed by atoms with Gasteiger partial charge in [-0.05, 0) is 44.0 Å². The minimum Gasteiger partial charge on any atom is -0.494 e. The zero-order valence-electron chi connectivity index (χ0n) is 11.1. The summed E-state index contributed by atoms with van der Waals surface area (Å²) in [5.41, 5.74) is 0.632. The molecule has 2 unspecified atom stereocenters. The summed E-state index contributed by atoms with van der Waals surface area (Å²) in [6.45, 7) is 6.52. The lowest BCUT2D eigenvalue weighted by Crippen LogP contribution is -2.37. The van der Waals surface area contributed by atoms with E-state index in [0.717, 1.165) is 5.75 Å². The fraction of sp³-hybridized carbons (Fsp3) is 0.500. The number of carbonyl (C=O) groups excluding carboxylic acids is 1. The minimum atomic E-state index is -0.0810. The molecular weight excluding hydrogens is 250 g/mol. The molecule has 0 aliphatic rings. The molecule has 18 heavy (non-hydrogen) atoms. The second kappa shape index (κ2) is 7.27. The third kappa shape index (κ3) is 4.22. The first-order chi connectivity index (χ1) is 8.58. The number of amides is 1. The van der Waals surface area contributed by atoms with Crippen molar-refractivity contribution in [2.75, 3.05) is 12.5 Å². The first-order valence-corrected chi connectivity index (χ1v) is 6.71. The van der Waals surface area contributed by atoms with E-state index < -0.39 is 0 Å². The molecule has 4 heteroatoms. The van der Waals surface area contributed by atoms with Crippen LogP contribution in [-0.2, 0) is 0 Å². The standard InChI is InChI=1S/C14H20ClNO2/c1-4-18-13-7-5-12(6-8-13)14(17)16-11(3)10(2)9-15/h5-8,10-11H,4,9H2,1-3H3,(H,16,17). The van der Waals surface area contributed by atoms with Crippen LogP contribution in [0.4, 0.5) is 0 Å². The summed E-state index contributed by atoms with van der Waals surface area (Å²) >= 11 is 5.76. The molecule has 100 valence electrons. The Kier molecular flexibility index (Phi) is 5.99. The highest BCUT2D eigenvalue weighted by Crippen LogP contribution is 2.13. The van der Waals surface area contributed by atoms with Gasteiger partial charge in [0.2, 0.25) is 0 Å². The number of nitrogens with one attached hydrogen (secondary N) is 1. The van der Waals surface area contributed by atoms with Gasteiger partial charge in [-0.1, -0.05) is 6.92 Å². The smallest absolute Gasteiger partial charge is 0.251 e. The average Bonchev–Trinajstić information content (AvgIpc) is 2.38. The molecule has 0 radical (unpaired) electrons. The summed E-state index contributed by atoms with van der Waals surface area (Å²) in [4.78, 5) is 11.9. The van der Waals surface area contributed by atoms with Gasteiger partial charge in [0, 0.05) is 17.5 Å². The first-order valence-electron chi connectivity index (χ1n) is 6.18. The van der Waals surface area contributed by atoms with Crippen molar-refractivity contribution in [3.05, 3.63) is 29.8 Å². The van der Waals surface area contributed by atoms with Crippen LogP contribution in [0.2, 0.25) is 0 Å². The van der Waals surface area contributed by atoms with Gasteiger partial charge in [0.25, 0.3) is 5.91 Å². The molecule has 0 saturated heterocycles. The Labute approximate surface area is 113 Å². The zero-order valence-corrected chi connectivity index (χ0v) is 11.8. The van der Waals surface area contributed by atoms with Crippen LogP contribution in [0.1, 0.15) is 31.1 Å². The molecule has 0 aromatic heterocycles. The summed E-state index contributed by atoms with van der Waals surface area (Å²) in [6.07, 6.45) is 0. The molecule has 0 bridgehead atoms. The van der Waals surface area contributed by atoms with Crippen LogP contribution in [0, 0.1) is 5.92 Å². The van der Waals surface area contributed by atoms with Crippen LogP contribution in [0.5, 0.6) is 5.75 Å². The summed E-state index contributed by atoms with van der Waals surface area (Å²) in [7, 11) is 0. The van der Waals surface area contributed by atoms with Crippen molar-refractivity contribution in [2.45, 2.75) is 26.8 Å². The van der Waals surface area contributed by atoms with Gasteiger partial charge in [0.1, 0.15) is 5.75 Å². The topological polar surface area (TPSA) is 38.3 Å². The molecule has 1 rings (SSSR count). The molecule has 1 aromatic rings. The van der Waals surface area contributed by atoms with E-state index in [0.29, 0.717) is 18.1 Å². The van der Waals surface area contributed by atoms with E-state index >= 15 is 0 Å². The van der Waals surface area contributed by atoms with Gasteiger partial charge in [0.15, 0.2) is 0 Å². The predicted molar refractivity (Wildman–Crippen MR) is 74.4 cm³/mol. The lowest BCUT2D eigenvalue weighted by atomic mass is 10.1. The summed E-state index contributed by atoms with van der Waals surface area (Å²) in [5, 5.41) is 2.93. The third-order valence-corrected chi connectivity index (χ3v) is 3.37. The fourth-order valence-corrected chi connectivity index (χ4v) is 1.70. The van der Waals surface area contributed by atoms with Gasteiger partial charge in [-0.3, -0.25) is 4.79 Å². The number of benzene rings is 1. The van der Waals surface area contributed by atoms with Gasteiger partial charge >= 0.3 is 0 Å². The van der Waals surface area contributed by atoms with Crippen molar-refractivity contribution in [2.24, 2.45) is 5.92 Å². The largest absolute Gasteiger partial charge is 0.494 e. The molecule has 1 amide bonds. The van der Waals surface area contributed by atoms with Crippen molar-refractivity contribution in [3.8, 4) is 5.75 Å². The molecule has 0 fully saturated rings. The minimum absolute atomic E-state index is 0.0570. The normalized spacial score (nSPS) is 13.8. The van der Waals surface area contributed by atoms with Crippen LogP contribution in [-0.4, -0.2) is 24.4 Å². The van der Waals surface area contributed by atoms with Crippen molar-refractivity contribution in [1.29, 1.82) is 0 Å². The van der Waals surface area contributed by atoms with Crippen molar-refractivity contribution in [3.63, 3.8) is 0 Å². The quantitative estimate of drug-likeness (QED) is 0.806. The van der Waals surface area contributed by atoms with E-state index in [1.54, 1.807) is 24.3 Å². The molecule has 1 N–H and O–H groups in total. The lowest BCUT2D eigenvalue weighted by molar-refractivity contribution is 0.0931. The molecule has 0 spiro atoms. The van der Waals surface area contributed by atoms with E-state index in [4.69, 9.17) is 16.3 Å². The average molecular weight is 270 g/mol. The van der Waals surface area contributed by atoms with E-state index in [1.807, 2.05) is 20.8 Å². The first kappa shape index (κ1) is 14.8. The highest BCUT2D eigenvalue weighted by Gasteiger charge is 2.14. The third-order valence-electron chi connectivity index (χ3n) is 2.88. The van der Waals surface area contributed by atoms with Crippen molar-refractivity contribution >= 4 is 17.5 Å². The maximum absolute atomic E-state index is 11.9. The Morgan fingerprint density at radius 2 is 1.94 bits per heavy atom. The van der Waals surface area contributed by atoms with E-state index in [2.05, 4.69) is 5.32 Å². The van der Waals surface area contributed by atoms with E-state index in [-0.39, 0.29) is 17.9 Å². The van der Waals surface area contributed by atoms with Crippen molar-refractivity contribution in [1.82, 2.24) is 5.32 Å². The maximum atomic E-state index is 11.9. The Morgan fingerprint density at radius 1 is 1.33 bits per heavy atom. The summed E-state index contributed by atoms with van der Waals surface area (Å²) < 4.78 is 5.33. The maximum Gasteiger partial charge on any atom is 0.251 e. The molecule has 0 aliphatic heterocycles. The molecule has 0 aliphatic carbocycles. The second-order valence-corrected chi connectivity index (χ2v) is 4.66. The zero-order chi connectivity index (χ0) is 13.5. The summed E-state index contributed by atoms with van der Waals surface area (Å²) in [5.74, 6) is 1.47. The number of hydrogen-bond donors (Lipinski definition) is 1. The van der Waals surface area contributed by atoms with Crippen LogP contribution in [0.25, 0.3) is 0 Å².